The van der Waals surface area contributed by atoms with Crippen LogP contribution < -0.4 is 0 Å². The van der Waals surface area contributed by atoms with Crippen molar-refractivity contribution in [2.24, 2.45) is 5.41 Å². The molecule has 1 aliphatic rings. The molecule has 2 rings (SSSR count). The molecule has 1 fully saturated rings. The van der Waals surface area contributed by atoms with Gasteiger partial charge in [-0.15, -0.1) is 0 Å². The van der Waals surface area contributed by atoms with Crippen LogP contribution in [0.15, 0.2) is 30.3 Å². The largest absolute Gasteiger partial charge is 0.459 e. The maximum Gasteiger partial charge on any atom is 0.338 e. The fourth-order valence-corrected chi connectivity index (χ4v) is 1.89. The number of rotatable bonds is 3. The van der Waals surface area contributed by atoms with Crippen molar-refractivity contribution in [3.63, 3.8) is 0 Å². The molecule has 0 N–H and O–H groups in total. The van der Waals surface area contributed by atoms with Gasteiger partial charge in [0.2, 0.25) is 0 Å². The summed E-state index contributed by atoms with van der Waals surface area (Å²) in [6.45, 7) is 5.18. The van der Waals surface area contributed by atoms with Crippen LogP contribution in [0.1, 0.15) is 37.6 Å². The van der Waals surface area contributed by atoms with E-state index in [9.17, 15) is 14.9 Å². The van der Waals surface area contributed by atoms with Crippen LogP contribution in [-0.2, 0) is 14.3 Å². The van der Waals surface area contributed by atoms with E-state index in [-0.39, 0.29) is 6.42 Å². The van der Waals surface area contributed by atoms with E-state index in [2.05, 4.69) is 0 Å². The van der Waals surface area contributed by atoms with E-state index < -0.39 is 29.1 Å². The second-order valence-corrected chi connectivity index (χ2v) is 6.05. The third-order valence-corrected chi connectivity index (χ3v) is 3.12. The van der Waals surface area contributed by atoms with Gasteiger partial charge >= 0.3 is 11.9 Å². The number of esters is 2. The minimum atomic E-state index is -1.36. The molecule has 5 nitrogen and oxygen atoms in total. The average molecular weight is 287 g/mol. The minimum Gasteiger partial charge on any atom is -0.459 e. The Hall–Kier alpha value is -2.35. The SMILES string of the molecule is CC(C)(C)OC(=O)[C@@]1(C#N)C[C@H]1OC(=O)c1ccccc1. The van der Waals surface area contributed by atoms with Crippen molar-refractivity contribution in [2.75, 3.05) is 0 Å². The number of ether oxygens (including phenoxy) is 2. The van der Waals surface area contributed by atoms with E-state index in [1.165, 1.54) is 0 Å². The predicted octanol–water partition coefficient (Wildman–Crippen LogP) is 2.47. The Morgan fingerprint density at radius 3 is 2.43 bits per heavy atom. The van der Waals surface area contributed by atoms with Crippen LogP contribution in [0.25, 0.3) is 0 Å². The Bertz CT molecular complexity index is 597. The van der Waals surface area contributed by atoms with Gasteiger partial charge in [0, 0.05) is 6.42 Å². The van der Waals surface area contributed by atoms with Gasteiger partial charge in [-0.1, -0.05) is 18.2 Å². The summed E-state index contributed by atoms with van der Waals surface area (Å²) in [6.07, 6.45) is -0.568. The lowest BCUT2D eigenvalue weighted by atomic mass is 10.1. The highest BCUT2D eigenvalue weighted by molar-refractivity contribution is 5.91. The molecule has 2 atom stereocenters. The molecule has 0 bridgehead atoms. The second-order valence-electron chi connectivity index (χ2n) is 6.05. The van der Waals surface area contributed by atoms with Crippen molar-refractivity contribution in [3.8, 4) is 6.07 Å². The molecule has 0 aromatic heterocycles. The van der Waals surface area contributed by atoms with Crippen molar-refractivity contribution in [3.05, 3.63) is 35.9 Å². The molecule has 110 valence electrons. The number of nitriles is 1. The fraction of sp³-hybridized carbons (Fsp3) is 0.438. The topological polar surface area (TPSA) is 76.4 Å². The molecular formula is C16H17NO4. The quantitative estimate of drug-likeness (QED) is 0.798. The third-order valence-electron chi connectivity index (χ3n) is 3.12. The Kier molecular flexibility index (Phi) is 3.73. The molecule has 0 aliphatic heterocycles. The first-order valence-electron chi connectivity index (χ1n) is 6.69. The van der Waals surface area contributed by atoms with Crippen LogP contribution in [0.3, 0.4) is 0 Å². The molecule has 5 heteroatoms. The summed E-state index contributed by atoms with van der Waals surface area (Å²) in [5.74, 6) is -1.18. The summed E-state index contributed by atoms with van der Waals surface area (Å²) >= 11 is 0. The van der Waals surface area contributed by atoms with Gasteiger partial charge in [-0.2, -0.15) is 5.26 Å². The Morgan fingerprint density at radius 2 is 1.90 bits per heavy atom. The van der Waals surface area contributed by atoms with Gasteiger partial charge in [-0.05, 0) is 32.9 Å². The predicted molar refractivity (Wildman–Crippen MR) is 74.2 cm³/mol. The summed E-state index contributed by atoms with van der Waals surface area (Å²) in [4.78, 5) is 24.0. The van der Waals surface area contributed by atoms with Gasteiger partial charge in [0.15, 0.2) is 5.41 Å². The van der Waals surface area contributed by atoms with Crippen LogP contribution >= 0.6 is 0 Å². The molecule has 0 saturated heterocycles. The molecule has 0 radical (unpaired) electrons. The van der Waals surface area contributed by atoms with E-state index in [0.717, 1.165) is 0 Å². The summed E-state index contributed by atoms with van der Waals surface area (Å²) in [5.41, 5.74) is -1.66. The minimum absolute atomic E-state index is 0.178. The van der Waals surface area contributed by atoms with Crippen LogP contribution in [0.5, 0.6) is 0 Å². The van der Waals surface area contributed by atoms with E-state index in [4.69, 9.17) is 9.47 Å². The zero-order valence-electron chi connectivity index (χ0n) is 12.3. The first kappa shape index (κ1) is 15.0. The zero-order valence-corrected chi connectivity index (χ0v) is 12.3. The number of benzene rings is 1. The summed E-state index contributed by atoms with van der Waals surface area (Å²) in [5, 5.41) is 9.24. The average Bonchev–Trinajstić information content (AvgIpc) is 3.12. The lowest BCUT2D eigenvalue weighted by Gasteiger charge is -2.21. The smallest absolute Gasteiger partial charge is 0.338 e. The van der Waals surface area contributed by atoms with Crippen LogP contribution in [-0.4, -0.2) is 23.6 Å². The zero-order chi connectivity index (χ0) is 15.7. The van der Waals surface area contributed by atoms with E-state index in [1.807, 2.05) is 6.07 Å². The first-order valence-corrected chi connectivity index (χ1v) is 6.69. The van der Waals surface area contributed by atoms with Crippen molar-refractivity contribution < 1.29 is 19.1 Å². The van der Waals surface area contributed by atoms with E-state index >= 15 is 0 Å². The van der Waals surface area contributed by atoms with Gasteiger partial charge in [-0.3, -0.25) is 4.79 Å². The Morgan fingerprint density at radius 1 is 1.29 bits per heavy atom. The molecule has 0 spiro atoms. The highest BCUT2D eigenvalue weighted by atomic mass is 16.6. The van der Waals surface area contributed by atoms with Gasteiger partial charge < -0.3 is 9.47 Å². The Balaban J connectivity index is 2.03. The normalized spacial score (nSPS) is 23.8. The molecule has 0 unspecified atom stereocenters. The molecule has 1 aliphatic carbocycles. The summed E-state index contributed by atoms with van der Waals surface area (Å²) in [7, 11) is 0. The van der Waals surface area contributed by atoms with Gasteiger partial charge in [0.05, 0.1) is 11.6 Å². The molecule has 0 heterocycles. The van der Waals surface area contributed by atoms with Crippen molar-refractivity contribution in [2.45, 2.75) is 38.9 Å². The Labute approximate surface area is 123 Å². The van der Waals surface area contributed by atoms with Crippen molar-refractivity contribution >= 4 is 11.9 Å². The number of nitrogens with zero attached hydrogens (tertiary/aromatic N) is 1. The number of carbonyl (C=O) groups excluding carboxylic acids is 2. The third kappa shape index (κ3) is 3.22. The van der Waals surface area contributed by atoms with Crippen LogP contribution in [0.4, 0.5) is 0 Å². The van der Waals surface area contributed by atoms with Gasteiger partial charge in [0.25, 0.3) is 0 Å². The molecule has 1 aromatic carbocycles. The van der Waals surface area contributed by atoms with Gasteiger partial charge in [-0.25, -0.2) is 4.79 Å². The van der Waals surface area contributed by atoms with Crippen LogP contribution in [0.2, 0.25) is 0 Å². The highest BCUT2D eigenvalue weighted by Crippen LogP contribution is 2.49. The van der Waals surface area contributed by atoms with Crippen LogP contribution in [0, 0.1) is 16.7 Å². The monoisotopic (exact) mass is 287 g/mol. The lowest BCUT2D eigenvalue weighted by molar-refractivity contribution is -0.160. The van der Waals surface area contributed by atoms with E-state index in [1.54, 1.807) is 51.1 Å². The molecule has 21 heavy (non-hydrogen) atoms. The number of hydrogen-bond donors (Lipinski definition) is 0. The van der Waals surface area contributed by atoms with Crippen molar-refractivity contribution in [1.29, 1.82) is 5.26 Å². The molecule has 1 saturated carbocycles. The lowest BCUT2D eigenvalue weighted by Crippen LogP contribution is -2.31. The second kappa shape index (κ2) is 5.21. The fourth-order valence-electron chi connectivity index (χ4n) is 1.89. The number of hydrogen-bond acceptors (Lipinski definition) is 5. The van der Waals surface area contributed by atoms with Gasteiger partial charge in [0.1, 0.15) is 11.7 Å². The molecule has 0 amide bonds. The standard InChI is InChI=1S/C16H17NO4/c1-15(2,3)21-14(19)16(10-17)9-12(16)20-13(18)11-7-5-4-6-8-11/h4-8,12H,9H2,1-3H3/t12-,16-/m1/s1. The number of carbonyl (C=O) groups is 2. The van der Waals surface area contributed by atoms with E-state index in [0.29, 0.717) is 5.56 Å². The molecule has 1 aromatic rings. The highest BCUT2D eigenvalue weighted by Gasteiger charge is 2.66. The first-order chi connectivity index (χ1) is 9.78. The molecular weight excluding hydrogens is 270 g/mol. The summed E-state index contributed by atoms with van der Waals surface area (Å²) in [6, 6.07) is 10.4. The maximum atomic E-state index is 12.1. The van der Waals surface area contributed by atoms with Crippen molar-refractivity contribution in [1.82, 2.24) is 0 Å². The maximum absolute atomic E-state index is 12.1. The summed E-state index contributed by atoms with van der Waals surface area (Å²) < 4.78 is 10.4.